The Balaban J connectivity index is 1.30. The van der Waals surface area contributed by atoms with E-state index < -0.39 is 0 Å². The highest BCUT2D eigenvalue weighted by Crippen LogP contribution is 2.36. The number of aromatic nitrogens is 5. The molecule has 5 aromatic rings. The molecule has 3 heterocycles. The van der Waals surface area contributed by atoms with Gasteiger partial charge in [0, 0.05) is 18.7 Å². The molecule has 3 aromatic carbocycles. The molecule has 2 aromatic heterocycles. The third-order valence-corrected chi connectivity index (χ3v) is 6.71. The van der Waals surface area contributed by atoms with Gasteiger partial charge in [-0.1, -0.05) is 54.6 Å². The Morgan fingerprint density at radius 1 is 1.03 bits per heavy atom. The van der Waals surface area contributed by atoms with E-state index in [1.807, 2.05) is 42.0 Å². The van der Waals surface area contributed by atoms with Gasteiger partial charge in [0.05, 0.1) is 24.8 Å². The van der Waals surface area contributed by atoms with Gasteiger partial charge in [-0.05, 0) is 59.9 Å². The number of rotatable bonds is 5. The number of ether oxygens (including phenoxy) is 1. The summed E-state index contributed by atoms with van der Waals surface area (Å²) in [6, 6.07) is 21.3. The first-order chi connectivity index (χ1) is 17.2. The SMILES string of the molecule is COc1cc(C=Cc2nc3n(n2)CCCC3c2cccc3ccccc23)ccc1-n1cnc(C)c1. The van der Waals surface area contributed by atoms with Crippen molar-refractivity contribution in [2.24, 2.45) is 0 Å². The summed E-state index contributed by atoms with van der Waals surface area (Å²) in [7, 11) is 1.69. The van der Waals surface area contributed by atoms with Crippen molar-refractivity contribution in [2.45, 2.75) is 32.2 Å². The van der Waals surface area contributed by atoms with Crippen LogP contribution >= 0.6 is 0 Å². The Kier molecular flexibility index (Phi) is 5.41. The fraction of sp³-hybridized carbons (Fsp3) is 0.207. The van der Waals surface area contributed by atoms with Gasteiger partial charge in [0.15, 0.2) is 5.82 Å². The van der Waals surface area contributed by atoms with E-state index in [1.54, 1.807) is 13.4 Å². The summed E-state index contributed by atoms with van der Waals surface area (Å²) in [4.78, 5) is 9.28. The lowest BCUT2D eigenvalue weighted by Gasteiger charge is -2.23. The summed E-state index contributed by atoms with van der Waals surface area (Å²) in [5.74, 6) is 2.83. The van der Waals surface area contributed by atoms with E-state index in [0.717, 1.165) is 53.7 Å². The van der Waals surface area contributed by atoms with Gasteiger partial charge in [0.2, 0.25) is 0 Å². The quantitative estimate of drug-likeness (QED) is 0.321. The third-order valence-electron chi connectivity index (χ3n) is 6.71. The molecule has 1 atom stereocenters. The molecule has 6 rings (SSSR count). The lowest BCUT2D eigenvalue weighted by atomic mass is 9.88. The third kappa shape index (κ3) is 4.01. The summed E-state index contributed by atoms with van der Waals surface area (Å²) in [5, 5.41) is 7.38. The van der Waals surface area contributed by atoms with E-state index in [0.29, 0.717) is 0 Å². The van der Waals surface area contributed by atoms with Crippen molar-refractivity contribution in [3.05, 3.63) is 102 Å². The number of nitrogens with zero attached hydrogens (tertiary/aromatic N) is 5. The molecule has 6 heteroatoms. The van der Waals surface area contributed by atoms with Crippen LogP contribution in [0.3, 0.4) is 0 Å². The van der Waals surface area contributed by atoms with Crippen LogP contribution in [0.15, 0.2) is 73.2 Å². The minimum atomic E-state index is 0.252. The molecule has 0 spiro atoms. The molecular weight excluding hydrogens is 434 g/mol. The van der Waals surface area contributed by atoms with Gasteiger partial charge in [0.25, 0.3) is 0 Å². The van der Waals surface area contributed by atoms with Crippen molar-refractivity contribution in [1.82, 2.24) is 24.3 Å². The number of aryl methyl sites for hydroxylation is 2. The molecule has 0 fully saturated rings. The highest BCUT2D eigenvalue weighted by atomic mass is 16.5. The van der Waals surface area contributed by atoms with Crippen LogP contribution < -0.4 is 4.74 Å². The van der Waals surface area contributed by atoms with Crippen LogP contribution in [-0.4, -0.2) is 31.4 Å². The highest BCUT2D eigenvalue weighted by Gasteiger charge is 2.26. The summed E-state index contributed by atoms with van der Waals surface area (Å²) in [5.41, 5.74) is 4.29. The van der Waals surface area contributed by atoms with Crippen LogP contribution in [0.4, 0.5) is 0 Å². The zero-order chi connectivity index (χ0) is 23.8. The van der Waals surface area contributed by atoms with Crippen LogP contribution in [0.1, 0.15) is 47.2 Å². The van der Waals surface area contributed by atoms with Gasteiger partial charge in [-0.25, -0.2) is 14.6 Å². The standard InChI is InChI=1S/C29H27N5O/c1-20-18-33(19-30-20)26-14-12-21(17-27(26)35-2)13-15-28-31-29-25(11-6-16-34(29)32-28)24-10-5-8-22-7-3-4-9-23(22)24/h3-5,7-10,12-15,17-19,25H,6,11,16H2,1-2H3. The zero-order valence-electron chi connectivity index (χ0n) is 19.9. The molecule has 6 nitrogen and oxygen atoms in total. The first-order valence-corrected chi connectivity index (χ1v) is 12.0. The van der Waals surface area contributed by atoms with E-state index in [1.165, 1.54) is 16.3 Å². The van der Waals surface area contributed by atoms with Gasteiger partial charge >= 0.3 is 0 Å². The fourth-order valence-corrected chi connectivity index (χ4v) is 5.02. The minimum Gasteiger partial charge on any atom is -0.495 e. The Labute approximate surface area is 204 Å². The molecule has 174 valence electrons. The van der Waals surface area contributed by atoms with Crippen LogP contribution in [0.5, 0.6) is 5.75 Å². The van der Waals surface area contributed by atoms with Gasteiger partial charge in [0.1, 0.15) is 11.6 Å². The van der Waals surface area contributed by atoms with E-state index in [2.05, 4.69) is 58.2 Å². The molecule has 35 heavy (non-hydrogen) atoms. The predicted octanol–water partition coefficient (Wildman–Crippen LogP) is 6.03. The van der Waals surface area contributed by atoms with Crippen molar-refractivity contribution >= 4 is 22.9 Å². The Morgan fingerprint density at radius 2 is 1.91 bits per heavy atom. The van der Waals surface area contributed by atoms with Crippen LogP contribution in [0, 0.1) is 6.92 Å². The molecular formula is C29H27N5O. The normalized spacial score (nSPS) is 15.5. The second-order valence-corrected chi connectivity index (χ2v) is 9.00. The molecule has 0 aliphatic carbocycles. The van der Waals surface area contributed by atoms with Crippen molar-refractivity contribution in [3.63, 3.8) is 0 Å². The monoisotopic (exact) mass is 461 g/mol. The molecule has 1 aliphatic heterocycles. The first kappa shape index (κ1) is 21.4. The van der Waals surface area contributed by atoms with Crippen LogP contribution in [0.2, 0.25) is 0 Å². The van der Waals surface area contributed by atoms with Crippen molar-refractivity contribution in [2.75, 3.05) is 7.11 Å². The number of methoxy groups -OCH3 is 1. The number of benzene rings is 3. The molecule has 0 radical (unpaired) electrons. The van der Waals surface area contributed by atoms with Gasteiger partial charge in [-0.3, -0.25) is 0 Å². The molecule has 0 amide bonds. The predicted molar refractivity (Wildman–Crippen MR) is 139 cm³/mol. The Morgan fingerprint density at radius 3 is 2.77 bits per heavy atom. The van der Waals surface area contributed by atoms with Crippen molar-refractivity contribution < 1.29 is 4.74 Å². The van der Waals surface area contributed by atoms with Crippen molar-refractivity contribution in [3.8, 4) is 11.4 Å². The Hall–Kier alpha value is -4.19. The smallest absolute Gasteiger partial charge is 0.174 e. The molecule has 0 bridgehead atoms. The molecule has 1 aliphatic rings. The Bertz CT molecular complexity index is 1540. The maximum atomic E-state index is 5.65. The summed E-state index contributed by atoms with van der Waals surface area (Å²) >= 11 is 0. The highest BCUT2D eigenvalue weighted by molar-refractivity contribution is 5.86. The fourth-order valence-electron chi connectivity index (χ4n) is 5.02. The molecule has 0 saturated carbocycles. The molecule has 0 saturated heterocycles. The summed E-state index contributed by atoms with van der Waals surface area (Å²) in [6.07, 6.45) is 10.00. The number of imidazole rings is 1. The van der Waals surface area contributed by atoms with E-state index >= 15 is 0 Å². The van der Waals surface area contributed by atoms with Crippen LogP contribution in [-0.2, 0) is 6.54 Å². The largest absolute Gasteiger partial charge is 0.495 e. The van der Waals surface area contributed by atoms with Gasteiger partial charge < -0.3 is 9.30 Å². The lowest BCUT2D eigenvalue weighted by molar-refractivity contribution is 0.413. The average molecular weight is 462 g/mol. The zero-order valence-corrected chi connectivity index (χ0v) is 19.9. The second kappa shape index (κ2) is 8.87. The van der Waals surface area contributed by atoms with Gasteiger partial charge in [-0.2, -0.15) is 5.10 Å². The molecule has 0 N–H and O–H groups in total. The molecule has 1 unspecified atom stereocenters. The topological polar surface area (TPSA) is 57.8 Å². The average Bonchev–Trinajstić information content (AvgIpc) is 3.52. The van der Waals surface area contributed by atoms with E-state index in [-0.39, 0.29) is 5.92 Å². The number of hydrogen-bond donors (Lipinski definition) is 0. The maximum absolute atomic E-state index is 5.65. The number of hydrogen-bond acceptors (Lipinski definition) is 4. The van der Waals surface area contributed by atoms with Crippen molar-refractivity contribution in [1.29, 1.82) is 0 Å². The van der Waals surface area contributed by atoms with Crippen LogP contribution in [0.25, 0.3) is 28.6 Å². The maximum Gasteiger partial charge on any atom is 0.174 e. The summed E-state index contributed by atoms with van der Waals surface area (Å²) < 4.78 is 9.70. The second-order valence-electron chi connectivity index (χ2n) is 9.00. The minimum absolute atomic E-state index is 0.252. The summed E-state index contributed by atoms with van der Waals surface area (Å²) in [6.45, 7) is 2.88. The first-order valence-electron chi connectivity index (χ1n) is 12.0. The number of fused-ring (bicyclic) bond motifs is 2. The van der Waals surface area contributed by atoms with E-state index in [4.69, 9.17) is 14.8 Å². The van der Waals surface area contributed by atoms with E-state index in [9.17, 15) is 0 Å². The van der Waals surface area contributed by atoms with Gasteiger partial charge in [-0.15, -0.1) is 0 Å². The lowest BCUT2D eigenvalue weighted by Crippen LogP contribution is -2.18.